The molecule has 342 valence electrons. The SMILES string of the molecule is CCCCCCCCCCCCCCCCCCNCCC[C@@H](C)[C@H]1CC[C@H]2C3[C@H](OCCCC)CC4C[C@H](OCCCN)CC[C@]4(C)[C@H]3C[C@H](OCCCN)[C@]12C. The Kier molecular flexibility index (Phi) is 24.7. The average molecular weight is 816 g/mol. The summed E-state index contributed by atoms with van der Waals surface area (Å²) in [6.07, 6.45) is 39.7. The minimum Gasteiger partial charge on any atom is -0.378 e. The van der Waals surface area contributed by atoms with E-state index in [1.165, 1.54) is 186 Å². The normalized spacial score (nSPS) is 32.5. The highest BCUT2D eigenvalue weighted by molar-refractivity contribution is 5.15. The fourth-order valence-corrected chi connectivity index (χ4v) is 13.3. The van der Waals surface area contributed by atoms with E-state index in [4.69, 9.17) is 25.7 Å². The number of nitrogens with two attached hydrogens (primary N) is 2. The fourth-order valence-electron chi connectivity index (χ4n) is 13.3. The number of nitrogens with one attached hydrogen (secondary N) is 1. The van der Waals surface area contributed by atoms with Crippen LogP contribution in [-0.2, 0) is 14.2 Å². The van der Waals surface area contributed by atoms with Gasteiger partial charge < -0.3 is 31.0 Å². The zero-order valence-corrected chi connectivity index (χ0v) is 39.5. The van der Waals surface area contributed by atoms with Gasteiger partial charge in [0.1, 0.15) is 0 Å². The van der Waals surface area contributed by atoms with Crippen molar-refractivity contribution in [2.24, 2.45) is 57.8 Å². The van der Waals surface area contributed by atoms with Crippen LogP contribution in [0.25, 0.3) is 0 Å². The molecule has 5 N–H and O–H groups in total. The third kappa shape index (κ3) is 14.9. The summed E-state index contributed by atoms with van der Waals surface area (Å²) in [5.41, 5.74) is 12.4. The van der Waals surface area contributed by atoms with Gasteiger partial charge in [-0.2, -0.15) is 0 Å². The molecule has 6 heteroatoms. The molecular formula is C52H101N3O3. The molecule has 0 saturated heterocycles. The Hall–Kier alpha value is -0.240. The smallest absolute Gasteiger partial charge is 0.0637 e. The maximum atomic E-state index is 7.09. The molecule has 2 unspecified atom stereocenters. The Bertz CT molecular complexity index is 1030. The van der Waals surface area contributed by atoms with Gasteiger partial charge in [0.25, 0.3) is 0 Å². The van der Waals surface area contributed by atoms with Gasteiger partial charge in [0.2, 0.25) is 0 Å². The molecule has 58 heavy (non-hydrogen) atoms. The van der Waals surface area contributed by atoms with Crippen LogP contribution in [-0.4, -0.2) is 64.3 Å². The Morgan fingerprint density at radius 3 is 1.78 bits per heavy atom. The second-order valence-electron chi connectivity index (χ2n) is 20.9. The molecule has 0 aliphatic heterocycles. The van der Waals surface area contributed by atoms with Gasteiger partial charge in [-0.05, 0) is 151 Å². The molecule has 4 fully saturated rings. The van der Waals surface area contributed by atoms with Crippen LogP contribution in [0.1, 0.15) is 221 Å². The van der Waals surface area contributed by atoms with E-state index in [9.17, 15) is 0 Å². The monoisotopic (exact) mass is 816 g/mol. The molecule has 4 aliphatic rings. The van der Waals surface area contributed by atoms with E-state index < -0.39 is 0 Å². The Morgan fingerprint density at radius 1 is 0.586 bits per heavy atom. The molecule has 0 aromatic carbocycles. The first-order valence-electron chi connectivity index (χ1n) is 26.3. The van der Waals surface area contributed by atoms with E-state index in [0.29, 0.717) is 60.5 Å². The van der Waals surface area contributed by atoms with Crippen molar-refractivity contribution in [1.82, 2.24) is 5.32 Å². The number of hydrogen-bond acceptors (Lipinski definition) is 6. The summed E-state index contributed by atoms with van der Waals surface area (Å²) in [5.74, 6) is 4.08. The van der Waals surface area contributed by atoms with E-state index in [1.54, 1.807) is 0 Å². The second-order valence-corrected chi connectivity index (χ2v) is 20.9. The van der Waals surface area contributed by atoms with E-state index in [2.05, 4.69) is 39.9 Å². The highest BCUT2D eigenvalue weighted by atomic mass is 16.5. The van der Waals surface area contributed by atoms with Crippen molar-refractivity contribution in [1.29, 1.82) is 0 Å². The van der Waals surface area contributed by atoms with Crippen LogP contribution >= 0.6 is 0 Å². The summed E-state index contributed by atoms with van der Waals surface area (Å²) in [5, 5.41) is 3.84. The molecule has 0 heterocycles. The molecule has 0 amide bonds. The van der Waals surface area contributed by atoms with Crippen molar-refractivity contribution < 1.29 is 14.2 Å². The van der Waals surface area contributed by atoms with Gasteiger partial charge in [-0.1, -0.05) is 137 Å². The van der Waals surface area contributed by atoms with Gasteiger partial charge in [-0.3, -0.25) is 0 Å². The lowest BCUT2D eigenvalue weighted by atomic mass is 9.43. The standard InChI is InChI=1S/C52H101N3O3/c1-6-8-10-11-12-13-14-15-16-17-18-19-20-21-22-23-34-55-35-24-27-42(3)45-28-29-46-50-47(41-49(52(45,46)5)58-38-26-33-54)51(4)31-30-44(56-37-25-32-53)39-43(51)40-48(50)57-36-9-7-2/h42-50,55H,6-41,53-54H2,1-5H3/t42-,43?,44-,45-,46+,47+,48-,49+,50?,51+,52-/m1/s1. The third-order valence-electron chi connectivity index (χ3n) is 16.9. The quantitative estimate of drug-likeness (QED) is 0.0560. The van der Waals surface area contributed by atoms with Crippen molar-refractivity contribution in [3.8, 4) is 0 Å². The lowest BCUT2D eigenvalue weighted by Gasteiger charge is -2.65. The van der Waals surface area contributed by atoms with Crippen molar-refractivity contribution in [2.75, 3.05) is 46.0 Å². The minimum atomic E-state index is 0.203. The summed E-state index contributed by atoms with van der Waals surface area (Å²) >= 11 is 0. The Labute approximate surface area is 361 Å². The van der Waals surface area contributed by atoms with Gasteiger partial charge in [0.15, 0.2) is 0 Å². The molecule has 0 bridgehead atoms. The molecule has 11 atom stereocenters. The highest BCUT2D eigenvalue weighted by Gasteiger charge is 2.66. The average Bonchev–Trinajstić information content (AvgIpc) is 3.58. The minimum absolute atomic E-state index is 0.203. The molecule has 4 aliphatic carbocycles. The number of rotatable bonds is 34. The molecule has 0 radical (unpaired) electrons. The molecule has 4 saturated carbocycles. The molecule has 6 nitrogen and oxygen atoms in total. The number of hydrogen-bond donors (Lipinski definition) is 3. The second kappa shape index (κ2) is 28.4. The number of ether oxygens (including phenoxy) is 3. The summed E-state index contributed by atoms with van der Waals surface area (Å²) in [7, 11) is 0. The van der Waals surface area contributed by atoms with Crippen LogP contribution < -0.4 is 16.8 Å². The van der Waals surface area contributed by atoms with Crippen LogP contribution in [0, 0.1) is 46.3 Å². The summed E-state index contributed by atoms with van der Waals surface area (Å²) in [6.45, 7) is 18.9. The summed E-state index contributed by atoms with van der Waals surface area (Å²) in [6, 6.07) is 0. The van der Waals surface area contributed by atoms with Crippen molar-refractivity contribution in [3.63, 3.8) is 0 Å². The van der Waals surface area contributed by atoms with Crippen LogP contribution in [0.3, 0.4) is 0 Å². The third-order valence-corrected chi connectivity index (χ3v) is 16.9. The van der Waals surface area contributed by atoms with Gasteiger partial charge in [0.05, 0.1) is 18.3 Å². The number of fused-ring (bicyclic) bond motifs is 5. The van der Waals surface area contributed by atoms with Gasteiger partial charge >= 0.3 is 0 Å². The first-order chi connectivity index (χ1) is 28.3. The first-order valence-corrected chi connectivity index (χ1v) is 26.3. The molecule has 0 aromatic rings. The van der Waals surface area contributed by atoms with Crippen LogP contribution in [0.15, 0.2) is 0 Å². The Balaban J connectivity index is 1.22. The maximum Gasteiger partial charge on any atom is 0.0637 e. The topological polar surface area (TPSA) is 91.8 Å². The van der Waals surface area contributed by atoms with Crippen molar-refractivity contribution in [3.05, 3.63) is 0 Å². The van der Waals surface area contributed by atoms with E-state index in [0.717, 1.165) is 44.5 Å². The summed E-state index contributed by atoms with van der Waals surface area (Å²) < 4.78 is 20.6. The Morgan fingerprint density at radius 2 is 1.16 bits per heavy atom. The van der Waals surface area contributed by atoms with Crippen LogP contribution in [0.2, 0.25) is 0 Å². The maximum absolute atomic E-state index is 7.09. The predicted molar refractivity (Wildman–Crippen MR) is 248 cm³/mol. The zero-order valence-electron chi connectivity index (χ0n) is 39.5. The fraction of sp³-hybridized carbons (Fsp3) is 1.00. The van der Waals surface area contributed by atoms with Gasteiger partial charge in [-0.15, -0.1) is 0 Å². The van der Waals surface area contributed by atoms with Gasteiger partial charge in [0, 0.05) is 25.2 Å². The van der Waals surface area contributed by atoms with E-state index in [1.807, 2.05) is 0 Å². The first kappa shape index (κ1) is 50.4. The van der Waals surface area contributed by atoms with E-state index in [-0.39, 0.29) is 5.41 Å². The highest BCUT2D eigenvalue weighted by Crippen LogP contribution is 2.69. The van der Waals surface area contributed by atoms with Crippen molar-refractivity contribution >= 4 is 0 Å². The van der Waals surface area contributed by atoms with Crippen LogP contribution in [0.5, 0.6) is 0 Å². The molecule has 4 rings (SSSR count). The molecule has 0 aromatic heterocycles. The van der Waals surface area contributed by atoms with E-state index >= 15 is 0 Å². The lowest BCUT2D eigenvalue weighted by molar-refractivity contribution is -0.227. The molecular weight excluding hydrogens is 715 g/mol. The zero-order chi connectivity index (χ0) is 41.5. The van der Waals surface area contributed by atoms with Gasteiger partial charge in [-0.25, -0.2) is 0 Å². The largest absolute Gasteiger partial charge is 0.378 e. The molecule has 0 spiro atoms. The summed E-state index contributed by atoms with van der Waals surface area (Å²) in [4.78, 5) is 0. The lowest BCUT2D eigenvalue weighted by Crippen LogP contribution is -2.63. The van der Waals surface area contributed by atoms with Crippen LogP contribution in [0.4, 0.5) is 0 Å². The van der Waals surface area contributed by atoms with Crippen molar-refractivity contribution in [2.45, 2.75) is 239 Å². The predicted octanol–water partition coefficient (Wildman–Crippen LogP) is 12.8. The number of unbranched alkanes of at least 4 members (excludes halogenated alkanes) is 16.